The Morgan fingerprint density at radius 2 is 2.25 bits per heavy atom. The van der Waals surface area contributed by atoms with E-state index >= 15 is 0 Å². The first kappa shape index (κ1) is 18.3. The SMILES string of the molecule is COc1ccc(Cl)cc1/C(N)=N/OC(=O)CCn1cc(Br)c(C)n1. The fraction of sp³-hybridized carbons (Fsp3) is 0.267. The molecule has 24 heavy (non-hydrogen) atoms. The predicted octanol–water partition coefficient (Wildman–Crippen LogP) is 2.87. The lowest BCUT2D eigenvalue weighted by molar-refractivity contribution is -0.144. The van der Waals surface area contributed by atoms with Gasteiger partial charge >= 0.3 is 5.97 Å². The quantitative estimate of drug-likeness (QED) is 0.339. The van der Waals surface area contributed by atoms with E-state index in [9.17, 15) is 4.79 Å². The molecule has 0 unspecified atom stereocenters. The Hall–Kier alpha value is -2.06. The molecule has 0 aliphatic carbocycles. The van der Waals surface area contributed by atoms with E-state index < -0.39 is 5.97 Å². The highest BCUT2D eigenvalue weighted by molar-refractivity contribution is 9.10. The van der Waals surface area contributed by atoms with Gasteiger partial charge in [0.05, 0.1) is 35.8 Å². The van der Waals surface area contributed by atoms with E-state index in [2.05, 4.69) is 26.2 Å². The molecule has 0 saturated heterocycles. The number of oxime groups is 1. The van der Waals surface area contributed by atoms with Crippen molar-refractivity contribution in [1.29, 1.82) is 0 Å². The van der Waals surface area contributed by atoms with Crippen molar-refractivity contribution in [3.05, 3.63) is 45.1 Å². The summed E-state index contributed by atoms with van der Waals surface area (Å²) in [6, 6.07) is 4.89. The maximum absolute atomic E-state index is 11.8. The smallest absolute Gasteiger partial charge is 0.336 e. The van der Waals surface area contributed by atoms with E-state index in [1.807, 2.05) is 6.92 Å². The maximum atomic E-state index is 11.8. The molecule has 0 fully saturated rings. The largest absolute Gasteiger partial charge is 0.496 e. The summed E-state index contributed by atoms with van der Waals surface area (Å²) in [5, 5.41) is 8.34. The summed E-state index contributed by atoms with van der Waals surface area (Å²) >= 11 is 9.28. The Morgan fingerprint density at radius 3 is 2.88 bits per heavy atom. The van der Waals surface area contributed by atoms with Gasteiger partial charge in [-0.3, -0.25) is 4.68 Å². The monoisotopic (exact) mass is 414 g/mol. The number of nitrogens with zero attached hydrogens (tertiary/aromatic N) is 3. The summed E-state index contributed by atoms with van der Waals surface area (Å²) in [5.74, 6) is -0.0443. The molecule has 0 bridgehead atoms. The zero-order valence-corrected chi connectivity index (χ0v) is 15.5. The van der Waals surface area contributed by atoms with Gasteiger partial charge in [0.1, 0.15) is 5.75 Å². The Kier molecular flexibility index (Phi) is 6.22. The first-order chi connectivity index (χ1) is 11.4. The molecule has 1 aromatic carbocycles. The summed E-state index contributed by atoms with van der Waals surface area (Å²) < 4.78 is 7.70. The molecule has 2 N–H and O–H groups in total. The number of hydrogen-bond donors (Lipinski definition) is 1. The number of aromatic nitrogens is 2. The van der Waals surface area contributed by atoms with Gasteiger partial charge in [-0.15, -0.1) is 0 Å². The van der Waals surface area contributed by atoms with Gasteiger partial charge in [0.2, 0.25) is 0 Å². The van der Waals surface area contributed by atoms with Crippen LogP contribution in [0.4, 0.5) is 0 Å². The minimum absolute atomic E-state index is 0.000350. The molecule has 128 valence electrons. The van der Waals surface area contributed by atoms with E-state index in [0.29, 0.717) is 22.9 Å². The summed E-state index contributed by atoms with van der Waals surface area (Å²) in [6.45, 7) is 2.24. The number of methoxy groups -OCH3 is 1. The minimum atomic E-state index is -0.525. The zero-order chi connectivity index (χ0) is 17.7. The summed E-state index contributed by atoms with van der Waals surface area (Å²) in [5.41, 5.74) is 7.12. The van der Waals surface area contributed by atoms with Gasteiger partial charge in [-0.25, -0.2) is 4.79 Å². The van der Waals surface area contributed by atoms with Gasteiger partial charge < -0.3 is 15.3 Å². The number of carbonyl (C=O) groups excluding carboxylic acids is 1. The highest BCUT2D eigenvalue weighted by Gasteiger charge is 2.11. The number of carbonyl (C=O) groups is 1. The first-order valence-electron chi connectivity index (χ1n) is 6.97. The number of aryl methyl sites for hydroxylation is 2. The van der Waals surface area contributed by atoms with Crippen molar-refractivity contribution in [2.24, 2.45) is 10.9 Å². The van der Waals surface area contributed by atoms with Crippen molar-refractivity contribution in [2.45, 2.75) is 19.9 Å². The number of halogens is 2. The van der Waals surface area contributed by atoms with Crippen LogP contribution < -0.4 is 10.5 Å². The van der Waals surface area contributed by atoms with Gasteiger partial charge in [-0.05, 0) is 41.1 Å². The molecular weight excluding hydrogens is 400 g/mol. The van der Waals surface area contributed by atoms with Gasteiger partial charge in [0.15, 0.2) is 5.84 Å². The lowest BCUT2D eigenvalue weighted by Crippen LogP contribution is -2.17. The number of benzene rings is 1. The molecule has 0 aliphatic heterocycles. The molecule has 2 aromatic rings. The third kappa shape index (κ3) is 4.72. The van der Waals surface area contributed by atoms with Gasteiger partial charge in [-0.2, -0.15) is 5.10 Å². The molecule has 0 radical (unpaired) electrons. The lowest BCUT2D eigenvalue weighted by Gasteiger charge is -2.07. The van der Waals surface area contributed by atoms with Crippen LogP contribution >= 0.6 is 27.5 Å². The van der Waals surface area contributed by atoms with Crippen LogP contribution in [-0.4, -0.2) is 28.7 Å². The van der Waals surface area contributed by atoms with Gasteiger partial charge in [0, 0.05) is 11.2 Å². The van der Waals surface area contributed by atoms with E-state index in [4.69, 9.17) is 26.9 Å². The topological polar surface area (TPSA) is 91.7 Å². The molecule has 7 nitrogen and oxygen atoms in total. The number of amidine groups is 1. The second kappa shape index (κ2) is 8.16. The van der Waals surface area contributed by atoms with Crippen LogP contribution in [0.25, 0.3) is 0 Å². The van der Waals surface area contributed by atoms with E-state index in [-0.39, 0.29) is 12.3 Å². The minimum Gasteiger partial charge on any atom is -0.496 e. The van der Waals surface area contributed by atoms with Crippen molar-refractivity contribution in [3.8, 4) is 5.75 Å². The van der Waals surface area contributed by atoms with Crippen LogP contribution in [0.1, 0.15) is 17.7 Å². The molecule has 1 aromatic heterocycles. The number of rotatable bonds is 6. The molecule has 9 heteroatoms. The molecule has 0 aliphatic rings. The predicted molar refractivity (Wildman–Crippen MR) is 94.1 cm³/mol. The molecule has 0 spiro atoms. The molecule has 0 saturated carbocycles. The Bertz CT molecular complexity index is 757. The van der Waals surface area contributed by atoms with Gasteiger partial charge in [-0.1, -0.05) is 16.8 Å². The molecule has 0 atom stereocenters. The Labute approximate surface area is 152 Å². The molecule has 2 rings (SSSR count). The van der Waals surface area contributed by atoms with E-state index in [0.717, 1.165) is 10.2 Å². The third-order valence-corrected chi connectivity index (χ3v) is 4.13. The normalized spacial score (nSPS) is 11.4. The third-order valence-electron chi connectivity index (χ3n) is 3.11. The molecular formula is C15H16BrClN4O3. The second-order valence-electron chi connectivity index (χ2n) is 4.86. The maximum Gasteiger partial charge on any atom is 0.336 e. The number of ether oxygens (including phenoxy) is 1. The fourth-order valence-electron chi connectivity index (χ4n) is 1.89. The average molecular weight is 416 g/mol. The van der Waals surface area contributed by atoms with Crippen LogP contribution in [0, 0.1) is 6.92 Å². The van der Waals surface area contributed by atoms with Crippen LogP contribution in [0.5, 0.6) is 5.75 Å². The highest BCUT2D eigenvalue weighted by atomic mass is 79.9. The summed E-state index contributed by atoms with van der Waals surface area (Å²) in [7, 11) is 1.50. The fourth-order valence-corrected chi connectivity index (χ4v) is 2.38. The first-order valence-corrected chi connectivity index (χ1v) is 8.14. The number of nitrogens with two attached hydrogens (primary N) is 1. The zero-order valence-electron chi connectivity index (χ0n) is 13.1. The van der Waals surface area contributed by atoms with Crippen molar-refractivity contribution >= 4 is 39.3 Å². The van der Waals surface area contributed by atoms with Crippen molar-refractivity contribution in [2.75, 3.05) is 7.11 Å². The summed E-state index contributed by atoms with van der Waals surface area (Å²) in [4.78, 5) is 16.6. The summed E-state index contributed by atoms with van der Waals surface area (Å²) in [6.07, 6.45) is 1.90. The van der Waals surface area contributed by atoms with E-state index in [1.54, 1.807) is 29.1 Å². The molecule has 1 heterocycles. The average Bonchev–Trinajstić information content (AvgIpc) is 2.88. The van der Waals surface area contributed by atoms with Crippen LogP contribution in [0.2, 0.25) is 5.02 Å². The Morgan fingerprint density at radius 1 is 1.50 bits per heavy atom. The highest BCUT2D eigenvalue weighted by Crippen LogP contribution is 2.22. The van der Waals surface area contributed by atoms with Crippen molar-refractivity contribution in [1.82, 2.24) is 9.78 Å². The van der Waals surface area contributed by atoms with Crippen LogP contribution in [-0.2, 0) is 16.2 Å². The van der Waals surface area contributed by atoms with Crippen molar-refractivity contribution in [3.63, 3.8) is 0 Å². The van der Waals surface area contributed by atoms with Gasteiger partial charge in [0.25, 0.3) is 0 Å². The van der Waals surface area contributed by atoms with E-state index in [1.165, 1.54) is 7.11 Å². The lowest BCUT2D eigenvalue weighted by atomic mass is 10.2. The second-order valence-corrected chi connectivity index (χ2v) is 6.15. The van der Waals surface area contributed by atoms with Crippen LogP contribution in [0.15, 0.2) is 34.0 Å². The van der Waals surface area contributed by atoms with Crippen molar-refractivity contribution < 1.29 is 14.4 Å². The van der Waals surface area contributed by atoms with Crippen LogP contribution in [0.3, 0.4) is 0 Å². The number of hydrogen-bond acceptors (Lipinski definition) is 5. The Balaban J connectivity index is 1.96. The standard InChI is InChI=1S/C15H16BrClN4O3/c1-9-12(16)8-21(19-9)6-5-14(22)24-20-15(18)11-7-10(17)3-4-13(11)23-2/h3-4,7-8H,5-6H2,1-2H3,(H2,18,20). The molecule has 0 amide bonds.